The number of aromatic hydroxyl groups is 1. The summed E-state index contributed by atoms with van der Waals surface area (Å²) in [5.41, 5.74) is 1.58. The molecule has 0 unspecified atom stereocenters. The average molecular weight is 319 g/mol. The average Bonchev–Trinajstić information content (AvgIpc) is 2.53. The van der Waals surface area contributed by atoms with E-state index in [-0.39, 0.29) is 12.4 Å². The third-order valence-electron chi connectivity index (χ3n) is 2.91. The first kappa shape index (κ1) is 15.9. The first-order valence-electron chi connectivity index (χ1n) is 6.55. The summed E-state index contributed by atoms with van der Waals surface area (Å²) in [5, 5.41) is 10.1. The summed E-state index contributed by atoms with van der Waals surface area (Å²) >= 11 is 5.78. The van der Waals surface area contributed by atoms with Gasteiger partial charge in [0.15, 0.2) is 11.5 Å². The highest BCUT2D eigenvalue weighted by atomic mass is 35.5. The standard InChI is InChI=1S/C17H15ClO4/c1-21-16-10-12(4-8-15(16)19)5-9-17(20)22-11-13-2-6-14(18)7-3-13/h2-10,19H,11H2,1H3/b9-5+. The molecule has 0 radical (unpaired) electrons. The lowest BCUT2D eigenvalue weighted by atomic mass is 10.2. The Morgan fingerprint density at radius 2 is 1.95 bits per heavy atom. The topological polar surface area (TPSA) is 55.8 Å². The molecule has 0 fully saturated rings. The van der Waals surface area contributed by atoms with Crippen LogP contribution in [0.2, 0.25) is 5.02 Å². The molecule has 1 N–H and O–H groups in total. The van der Waals surface area contributed by atoms with Crippen LogP contribution in [0.5, 0.6) is 11.5 Å². The van der Waals surface area contributed by atoms with Gasteiger partial charge in [-0.25, -0.2) is 4.79 Å². The maximum atomic E-state index is 11.7. The highest BCUT2D eigenvalue weighted by molar-refractivity contribution is 6.30. The molecule has 0 spiro atoms. The fourth-order valence-corrected chi connectivity index (χ4v) is 1.87. The number of carbonyl (C=O) groups excluding carboxylic acids is 1. The molecule has 0 aliphatic heterocycles. The number of rotatable bonds is 5. The van der Waals surface area contributed by atoms with Crippen molar-refractivity contribution in [1.82, 2.24) is 0 Å². The van der Waals surface area contributed by atoms with E-state index in [0.717, 1.165) is 11.1 Å². The van der Waals surface area contributed by atoms with E-state index in [9.17, 15) is 9.90 Å². The Morgan fingerprint density at radius 1 is 1.23 bits per heavy atom. The second kappa shape index (κ2) is 7.52. The van der Waals surface area contributed by atoms with Gasteiger partial charge in [0.1, 0.15) is 6.61 Å². The second-order valence-corrected chi connectivity index (χ2v) is 4.94. The van der Waals surface area contributed by atoms with Gasteiger partial charge < -0.3 is 14.6 Å². The van der Waals surface area contributed by atoms with Crippen molar-refractivity contribution < 1.29 is 19.4 Å². The zero-order chi connectivity index (χ0) is 15.9. The maximum Gasteiger partial charge on any atom is 0.331 e. The molecule has 114 valence electrons. The molecule has 0 amide bonds. The third-order valence-corrected chi connectivity index (χ3v) is 3.16. The summed E-state index contributed by atoms with van der Waals surface area (Å²) < 4.78 is 10.1. The number of phenolic OH excluding ortho intramolecular Hbond substituents is 1. The molecule has 22 heavy (non-hydrogen) atoms. The number of hydrogen-bond donors (Lipinski definition) is 1. The quantitative estimate of drug-likeness (QED) is 0.673. The van der Waals surface area contributed by atoms with E-state index in [2.05, 4.69) is 0 Å². The van der Waals surface area contributed by atoms with Gasteiger partial charge in [-0.1, -0.05) is 29.8 Å². The van der Waals surface area contributed by atoms with E-state index < -0.39 is 5.97 Å². The Balaban J connectivity index is 1.92. The van der Waals surface area contributed by atoms with E-state index in [1.165, 1.54) is 19.3 Å². The molecule has 0 aromatic heterocycles. The lowest BCUT2D eigenvalue weighted by Crippen LogP contribution is -2.00. The van der Waals surface area contributed by atoms with E-state index >= 15 is 0 Å². The van der Waals surface area contributed by atoms with Crippen molar-refractivity contribution in [2.24, 2.45) is 0 Å². The summed E-state index contributed by atoms with van der Waals surface area (Å²) in [5.74, 6) is -0.0661. The van der Waals surface area contributed by atoms with Gasteiger partial charge in [0.2, 0.25) is 0 Å². The van der Waals surface area contributed by atoms with Gasteiger partial charge in [0.25, 0.3) is 0 Å². The van der Waals surface area contributed by atoms with Crippen LogP contribution in [-0.4, -0.2) is 18.2 Å². The molecular weight excluding hydrogens is 304 g/mol. The smallest absolute Gasteiger partial charge is 0.331 e. The maximum absolute atomic E-state index is 11.7. The minimum atomic E-state index is -0.456. The molecule has 2 rings (SSSR count). The monoisotopic (exact) mass is 318 g/mol. The predicted octanol–water partition coefficient (Wildman–Crippen LogP) is 3.81. The molecule has 0 atom stereocenters. The fourth-order valence-electron chi connectivity index (χ4n) is 1.75. The van der Waals surface area contributed by atoms with Gasteiger partial charge in [-0.15, -0.1) is 0 Å². The highest BCUT2D eigenvalue weighted by Gasteiger charge is 2.02. The summed E-state index contributed by atoms with van der Waals surface area (Å²) in [6, 6.07) is 11.9. The van der Waals surface area contributed by atoms with Crippen molar-refractivity contribution in [1.29, 1.82) is 0 Å². The number of benzene rings is 2. The highest BCUT2D eigenvalue weighted by Crippen LogP contribution is 2.26. The van der Waals surface area contributed by atoms with E-state index in [1.54, 1.807) is 42.5 Å². The summed E-state index contributed by atoms with van der Waals surface area (Å²) in [6.07, 6.45) is 2.91. The summed E-state index contributed by atoms with van der Waals surface area (Å²) in [6.45, 7) is 0.180. The Hall–Kier alpha value is -2.46. The van der Waals surface area contributed by atoms with Crippen molar-refractivity contribution in [3.05, 3.63) is 64.7 Å². The van der Waals surface area contributed by atoms with Crippen LogP contribution in [-0.2, 0) is 16.1 Å². The Labute approximate surface area is 133 Å². The lowest BCUT2D eigenvalue weighted by Gasteiger charge is -2.04. The Bertz CT molecular complexity index is 678. The number of methoxy groups -OCH3 is 1. The van der Waals surface area contributed by atoms with Crippen molar-refractivity contribution in [2.75, 3.05) is 7.11 Å². The van der Waals surface area contributed by atoms with Crippen LogP contribution in [0.1, 0.15) is 11.1 Å². The Morgan fingerprint density at radius 3 is 2.64 bits per heavy atom. The van der Waals surface area contributed by atoms with Crippen LogP contribution in [0, 0.1) is 0 Å². The molecule has 0 aliphatic carbocycles. The molecule has 0 saturated heterocycles. The zero-order valence-corrected chi connectivity index (χ0v) is 12.7. The minimum absolute atomic E-state index is 0.0463. The first-order valence-corrected chi connectivity index (χ1v) is 6.92. The summed E-state index contributed by atoms with van der Waals surface area (Å²) in [7, 11) is 1.46. The van der Waals surface area contributed by atoms with Gasteiger partial charge in [-0.05, 0) is 41.5 Å². The number of halogens is 1. The SMILES string of the molecule is COc1cc(/C=C/C(=O)OCc2ccc(Cl)cc2)ccc1O. The van der Waals surface area contributed by atoms with E-state index in [4.69, 9.17) is 21.1 Å². The Kier molecular flexibility index (Phi) is 5.44. The molecule has 0 heterocycles. The second-order valence-electron chi connectivity index (χ2n) is 4.50. The van der Waals surface area contributed by atoms with Gasteiger partial charge in [-0.2, -0.15) is 0 Å². The van der Waals surface area contributed by atoms with Gasteiger partial charge in [0, 0.05) is 11.1 Å². The van der Waals surface area contributed by atoms with Crippen molar-refractivity contribution in [3.63, 3.8) is 0 Å². The number of carbonyl (C=O) groups is 1. The van der Waals surface area contributed by atoms with Crippen LogP contribution < -0.4 is 4.74 Å². The number of hydrogen-bond acceptors (Lipinski definition) is 4. The largest absolute Gasteiger partial charge is 0.504 e. The van der Waals surface area contributed by atoms with Crippen LogP contribution in [0.3, 0.4) is 0 Å². The van der Waals surface area contributed by atoms with Crippen LogP contribution in [0.25, 0.3) is 6.08 Å². The molecule has 4 nitrogen and oxygen atoms in total. The van der Waals surface area contributed by atoms with Crippen LogP contribution in [0.4, 0.5) is 0 Å². The fraction of sp³-hybridized carbons (Fsp3) is 0.118. The normalized spacial score (nSPS) is 10.6. The van der Waals surface area contributed by atoms with Gasteiger partial charge >= 0.3 is 5.97 Å². The molecule has 0 aliphatic rings. The predicted molar refractivity (Wildman–Crippen MR) is 84.9 cm³/mol. The third kappa shape index (κ3) is 4.53. The number of ether oxygens (including phenoxy) is 2. The van der Waals surface area contributed by atoms with Crippen LogP contribution in [0.15, 0.2) is 48.5 Å². The van der Waals surface area contributed by atoms with Gasteiger partial charge in [-0.3, -0.25) is 0 Å². The molecule has 5 heteroatoms. The molecule has 0 bridgehead atoms. The van der Waals surface area contributed by atoms with Crippen molar-refractivity contribution in [3.8, 4) is 11.5 Å². The molecule has 2 aromatic carbocycles. The molecule has 0 saturated carbocycles. The first-order chi connectivity index (χ1) is 10.6. The van der Waals surface area contributed by atoms with E-state index in [0.29, 0.717) is 10.8 Å². The lowest BCUT2D eigenvalue weighted by molar-refractivity contribution is -0.138. The summed E-state index contributed by atoms with van der Waals surface area (Å²) in [4.78, 5) is 11.7. The van der Waals surface area contributed by atoms with E-state index in [1.807, 2.05) is 0 Å². The molecule has 2 aromatic rings. The van der Waals surface area contributed by atoms with Crippen molar-refractivity contribution in [2.45, 2.75) is 6.61 Å². The van der Waals surface area contributed by atoms with Gasteiger partial charge in [0.05, 0.1) is 7.11 Å². The zero-order valence-electron chi connectivity index (χ0n) is 12.0. The number of esters is 1. The van der Waals surface area contributed by atoms with Crippen molar-refractivity contribution >= 4 is 23.6 Å². The molecular formula is C17H15ClO4. The minimum Gasteiger partial charge on any atom is -0.504 e. The number of phenols is 1. The van der Waals surface area contributed by atoms with Crippen LogP contribution >= 0.6 is 11.6 Å².